The van der Waals surface area contributed by atoms with E-state index in [1.54, 1.807) is 0 Å². The molecule has 0 aliphatic heterocycles. The topological polar surface area (TPSA) is 241 Å². The van der Waals surface area contributed by atoms with Gasteiger partial charge < -0.3 is 30.7 Å². The van der Waals surface area contributed by atoms with Crippen LogP contribution in [0.1, 0.15) is 170 Å². The normalized spacial score (nSPS) is 14.8. The van der Waals surface area contributed by atoms with Gasteiger partial charge in [0.25, 0.3) is 0 Å². The summed E-state index contributed by atoms with van der Waals surface area (Å²) in [6.45, 7) is 15.0. The number of urea groups is 1. The van der Waals surface area contributed by atoms with Crippen LogP contribution in [-0.4, -0.2) is 107 Å². The SMILES string of the molecule is C=CCOP(=O)(OCCNC(=O)NCCOP(=O)(OCC=C)OCC(CCC(CCCCCCCCC)NC(C)=O)OC(C)=O)OCC(CCC(CCCCCCCCC)NC(C)=O)OC(C)=O. The van der Waals surface area contributed by atoms with Gasteiger partial charge in [0.05, 0.1) is 39.6 Å². The number of hydrogen-bond donors (Lipinski definition) is 4. The van der Waals surface area contributed by atoms with Crippen molar-refractivity contribution in [3.63, 3.8) is 0 Å². The predicted molar refractivity (Wildman–Crippen MR) is 263 cm³/mol. The van der Waals surface area contributed by atoms with Crippen molar-refractivity contribution < 1.29 is 69.7 Å². The molecule has 0 aromatic carbocycles. The van der Waals surface area contributed by atoms with E-state index in [9.17, 15) is 33.1 Å². The third-order valence-electron chi connectivity index (χ3n) is 10.3. The van der Waals surface area contributed by atoms with Crippen LogP contribution in [0.15, 0.2) is 25.3 Å². The van der Waals surface area contributed by atoms with E-state index in [1.165, 1.54) is 91.2 Å². The van der Waals surface area contributed by atoms with Crippen LogP contribution < -0.4 is 21.3 Å². The minimum absolute atomic E-state index is 0.134. The molecule has 6 atom stereocenters. The molecule has 6 unspecified atom stereocenters. The van der Waals surface area contributed by atoms with E-state index >= 15 is 0 Å². The summed E-state index contributed by atoms with van der Waals surface area (Å²) in [7, 11) is -8.47. The van der Waals surface area contributed by atoms with Gasteiger partial charge in [0, 0.05) is 52.9 Å². The molecular formula is C47H88N4O15P2. The summed E-state index contributed by atoms with van der Waals surface area (Å²) >= 11 is 0. The molecule has 0 fully saturated rings. The van der Waals surface area contributed by atoms with Crippen molar-refractivity contribution in [1.82, 2.24) is 21.3 Å². The average Bonchev–Trinajstić information content (AvgIpc) is 3.28. The lowest BCUT2D eigenvalue weighted by Crippen LogP contribution is -2.38. The zero-order valence-electron chi connectivity index (χ0n) is 42.2. The molecule has 4 N–H and O–H groups in total. The summed E-state index contributed by atoms with van der Waals surface area (Å²) in [4.78, 5) is 60.3. The maximum atomic E-state index is 13.5. The largest absolute Gasteiger partial charge is 0.475 e. The molecule has 0 heterocycles. The Balaban J connectivity index is 5.16. The second kappa shape index (κ2) is 41.6. The highest BCUT2D eigenvalue weighted by Crippen LogP contribution is 2.50. The fraction of sp³-hybridized carbons (Fsp3) is 0.809. The first-order valence-corrected chi connectivity index (χ1v) is 27.6. The summed E-state index contributed by atoms with van der Waals surface area (Å²) in [5.74, 6) is -1.45. The monoisotopic (exact) mass is 1010 g/mol. The minimum Gasteiger partial charge on any atom is -0.460 e. The van der Waals surface area contributed by atoms with Gasteiger partial charge in [0.1, 0.15) is 12.2 Å². The third kappa shape index (κ3) is 38.7. The van der Waals surface area contributed by atoms with E-state index in [4.69, 9.17) is 36.6 Å². The Hall–Kier alpha value is -3.15. The second-order valence-corrected chi connectivity index (χ2v) is 20.1. The van der Waals surface area contributed by atoms with Crippen LogP contribution >= 0.6 is 15.6 Å². The van der Waals surface area contributed by atoms with Crippen LogP contribution in [0.3, 0.4) is 0 Å². The molecule has 0 rings (SSSR count). The Labute approximate surface area is 407 Å². The van der Waals surface area contributed by atoms with Crippen LogP contribution in [0.5, 0.6) is 0 Å². The fourth-order valence-corrected chi connectivity index (χ4v) is 9.36. The zero-order valence-corrected chi connectivity index (χ0v) is 44.0. The number of phosphoric ester groups is 2. The highest BCUT2D eigenvalue weighted by molar-refractivity contribution is 7.48. The van der Waals surface area contributed by atoms with Crippen LogP contribution in [0, 0.1) is 0 Å². The molecule has 0 spiro atoms. The van der Waals surface area contributed by atoms with Crippen LogP contribution in [0.25, 0.3) is 0 Å². The number of carbonyl (C=O) groups is 5. The second-order valence-electron chi connectivity index (χ2n) is 16.7. The molecule has 0 bridgehead atoms. The molecule has 21 heteroatoms. The number of unbranched alkanes of at least 4 members (excludes halogenated alkanes) is 12. The van der Waals surface area contributed by atoms with Crippen molar-refractivity contribution in [2.45, 2.75) is 194 Å². The quantitative estimate of drug-likeness (QED) is 0.0192. The number of amides is 4. The molecular weight excluding hydrogens is 922 g/mol. The van der Waals surface area contributed by atoms with Crippen molar-refractivity contribution >= 4 is 45.4 Å². The first-order chi connectivity index (χ1) is 32.5. The van der Waals surface area contributed by atoms with Gasteiger partial charge in [0.15, 0.2) is 0 Å². The van der Waals surface area contributed by atoms with Crippen LogP contribution in [0.4, 0.5) is 4.79 Å². The maximum absolute atomic E-state index is 13.5. The lowest BCUT2D eigenvalue weighted by Gasteiger charge is -2.24. The number of ether oxygens (including phenoxy) is 2. The number of hydrogen-bond acceptors (Lipinski definition) is 15. The molecule has 0 saturated heterocycles. The van der Waals surface area contributed by atoms with E-state index in [0.717, 1.165) is 51.4 Å². The number of nitrogens with one attached hydrogen (secondary N) is 4. The van der Waals surface area contributed by atoms with Gasteiger partial charge in [-0.25, -0.2) is 13.9 Å². The number of phosphoric acid groups is 2. The number of rotatable bonds is 46. The van der Waals surface area contributed by atoms with Crippen LogP contribution in [0.2, 0.25) is 0 Å². The summed E-state index contributed by atoms with van der Waals surface area (Å²) in [5.41, 5.74) is 0. The van der Waals surface area contributed by atoms with E-state index in [-0.39, 0.29) is 76.6 Å². The van der Waals surface area contributed by atoms with E-state index < -0.39 is 45.8 Å². The first-order valence-electron chi connectivity index (χ1n) is 24.7. The molecule has 0 aliphatic carbocycles. The molecule has 0 aromatic rings. The molecule has 0 radical (unpaired) electrons. The summed E-state index contributed by atoms with van der Waals surface area (Å²) in [6.07, 6.45) is 20.1. The average molecular weight is 1010 g/mol. The standard InChI is InChI=1S/C47H88N4O15P2/c1-9-13-15-17-19-21-23-25-43(50-39(5)52)27-29-45(65-41(7)54)37-63-67(57,59-33-11-3)61-35-31-48-47(56)49-32-36-62-68(58,60-34-12-4)64-38-46(66-42(8)55)30-28-44(51-40(6)53)26-24-22-20-18-16-14-10-2/h11-12,43-46H,3-4,9-10,13-38H2,1-2,5-8H3,(H,50,52)(H,51,53)(H2,48,49,56). The molecule has 4 amide bonds. The maximum Gasteiger partial charge on any atom is 0.475 e. The molecule has 68 heavy (non-hydrogen) atoms. The third-order valence-corrected chi connectivity index (χ3v) is 13.1. The van der Waals surface area contributed by atoms with Crippen molar-refractivity contribution in [3.8, 4) is 0 Å². The Morgan fingerprint density at radius 1 is 0.485 bits per heavy atom. The van der Waals surface area contributed by atoms with E-state index in [1.807, 2.05) is 0 Å². The van der Waals surface area contributed by atoms with Gasteiger partial charge >= 0.3 is 33.6 Å². The van der Waals surface area contributed by atoms with Gasteiger partial charge in [-0.2, -0.15) is 0 Å². The highest BCUT2D eigenvalue weighted by Gasteiger charge is 2.31. The van der Waals surface area contributed by atoms with Gasteiger partial charge in [-0.1, -0.05) is 116 Å². The Morgan fingerprint density at radius 3 is 1.16 bits per heavy atom. The van der Waals surface area contributed by atoms with Crippen molar-refractivity contribution in [1.29, 1.82) is 0 Å². The summed E-state index contributed by atoms with van der Waals surface area (Å²) < 4.78 is 70.7. The molecule has 396 valence electrons. The fourth-order valence-electron chi connectivity index (χ4n) is 7.01. The Kier molecular flexibility index (Phi) is 39.7. The lowest BCUT2D eigenvalue weighted by molar-refractivity contribution is -0.149. The molecule has 0 aliphatic rings. The first kappa shape index (κ1) is 64.8. The highest BCUT2D eigenvalue weighted by atomic mass is 31.2. The minimum atomic E-state index is -4.23. The van der Waals surface area contributed by atoms with Crippen molar-refractivity contribution in [2.75, 3.05) is 52.7 Å². The lowest BCUT2D eigenvalue weighted by atomic mass is 10.0. The Bertz CT molecular complexity index is 1400. The predicted octanol–water partition coefficient (Wildman–Crippen LogP) is 9.69. The van der Waals surface area contributed by atoms with E-state index in [0.29, 0.717) is 25.7 Å². The molecule has 0 saturated carbocycles. The van der Waals surface area contributed by atoms with Gasteiger partial charge in [0.2, 0.25) is 11.8 Å². The van der Waals surface area contributed by atoms with Crippen molar-refractivity contribution in [3.05, 3.63) is 25.3 Å². The molecule has 0 aromatic heterocycles. The van der Waals surface area contributed by atoms with Crippen LogP contribution in [-0.2, 0) is 64.9 Å². The van der Waals surface area contributed by atoms with E-state index in [2.05, 4.69) is 48.3 Å². The number of esters is 2. The zero-order chi connectivity index (χ0) is 50.9. The summed E-state index contributed by atoms with van der Waals surface area (Å²) in [5, 5.41) is 11.0. The molecule has 19 nitrogen and oxygen atoms in total. The Morgan fingerprint density at radius 2 is 0.838 bits per heavy atom. The van der Waals surface area contributed by atoms with Gasteiger partial charge in [-0.3, -0.25) is 46.3 Å². The van der Waals surface area contributed by atoms with Crippen molar-refractivity contribution in [2.24, 2.45) is 0 Å². The summed E-state index contributed by atoms with van der Waals surface area (Å²) in [6, 6.07) is -0.948. The number of carbonyl (C=O) groups excluding carboxylic acids is 5. The van der Waals surface area contributed by atoms with Gasteiger partial charge in [-0.05, 0) is 38.5 Å². The van der Waals surface area contributed by atoms with Gasteiger partial charge in [-0.15, -0.1) is 13.2 Å². The smallest absolute Gasteiger partial charge is 0.460 e.